The molecular formula is C19H28N4O6. The summed E-state index contributed by atoms with van der Waals surface area (Å²) in [5.74, 6) is -0.185. The van der Waals surface area contributed by atoms with Gasteiger partial charge in [-0.3, -0.25) is 14.9 Å². The average molecular weight is 408 g/mol. The van der Waals surface area contributed by atoms with Crippen LogP contribution in [0.1, 0.15) is 44.0 Å². The molecule has 29 heavy (non-hydrogen) atoms. The van der Waals surface area contributed by atoms with Gasteiger partial charge in [0.25, 0.3) is 11.6 Å². The molecule has 1 aliphatic heterocycles. The van der Waals surface area contributed by atoms with Crippen molar-refractivity contribution >= 4 is 23.4 Å². The number of nitrogens with one attached hydrogen (secondary N) is 2. The van der Waals surface area contributed by atoms with E-state index < -0.39 is 16.9 Å². The van der Waals surface area contributed by atoms with Gasteiger partial charge in [0.05, 0.1) is 17.6 Å². The number of carbonyl (C=O) groups excluding carboxylic acids is 1. The molecule has 1 aliphatic rings. The number of benzene rings is 1. The standard InChI is InChI=1S/C19H28N4O6/c1-19(2,3)11-20-16-14(23(27)28)8-12(9-15(16)29-4)17(24)22-7-5-6-13(10-22)21-18(25)26/h8-9,13,20-21H,5-7,10-11H2,1-4H3,(H,25,26)/t13-/m1/s1. The summed E-state index contributed by atoms with van der Waals surface area (Å²) in [7, 11) is 1.39. The number of ether oxygens (including phenoxy) is 1. The van der Waals surface area contributed by atoms with Crippen LogP contribution in [0.15, 0.2) is 12.1 Å². The van der Waals surface area contributed by atoms with Crippen molar-refractivity contribution in [2.75, 3.05) is 32.1 Å². The van der Waals surface area contributed by atoms with Gasteiger partial charge in [-0.15, -0.1) is 0 Å². The number of carbonyl (C=O) groups is 2. The quantitative estimate of drug-likeness (QED) is 0.486. The Kier molecular flexibility index (Phi) is 6.89. The summed E-state index contributed by atoms with van der Waals surface area (Å²) in [6, 6.07) is 2.35. The van der Waals surface area contributed by atoms with Crippen LogP contribution < -0.4 is 15.4 Å². The second kappa shape index (κ2) is 8.97. The number of hydrogen-bond acceptors (Lipinski definition) is 6. The predicted octanol–water partition coefficient (Wildman–Crippen LogP) is 2.93. The minimum absolute atomic E-state index is 0.118. The van der Waals surface area contributed by atoms with E-state index in [0.717, 1.165) is 0 Å². The van der Waals surface area contributed by atoms with Gasteiger partial charge >= 0.3 is 6.09 Å². The Hall–Kier alpha value is -3.04. The van der Waals surface area contributed by atoms with Crippen molar-refractivity contribution in [3.63, 3.8) is 0 Å². The van der Waals surface area contributed by atoms with Gasteiger partial charge < -0.3 is 25.4 Å². The summed E-state index contributed by atoms with van der Waals surface area (Å²) < 4.78 is 5.33. The third-order valence-corrected chi connectivity index (χ3v) is 4.58. The first-order valence-electron chi connectivity index (χ1n) is 9.41. The van der Waals surface area contributed by atoms with Crippen molar-refractivity contribution in [2.24, 2.45) is 5.41 Å². The fourth-order valence-corrected chi connectivity index (χ4v) is 3.20. The minimum Gasteiger partial charge on any atom is -0.494 e. The molecule has 0 spiro atoms. The van der Waals surface area contributed by atoms with Crippen molar-refractivity contribution in [1.82, 2.24) is 10.2 Å². The zero-order chi connectivity index (χ0) is 21.8. The van der Waals surface area contributed by atoms with Gasteiger partial charge in [0.2, 0.25) is 0 Å². The Morgan fingerprint density at radius 2 is 2.07 bits per heavy atom. The van der Waals surface area contributed by atoms with Gasteiger partial charge in [0, 0.05) is 31.7 Å². The van der Waals surface area contributed by atoms with Gasteiger partial charge in [0.15, 0.2) is 5.69 Å². The second-order valence-corrected chi connectivity index (χ2v) is 8.28. The number of nitro benzene ring substituents is 1. The van der Waals surface area contributed by atoms with Crippen LogP contribution in [0.4, 0.5) is 16.2 Å². The molecule has 1 aromatic carbocycles. The van der Waals surface area contributed by atoms with Crippen LogP contribution >= 0.6 is 0 Å². The molecule has 0 aliphatic carbocycles. The summed E-state index contributed by atoms with van der Waals surface area (Å²) in [6.07, 6.45) is 0.131. The monoisotopic (exact) mass is 408 g/mol. The predicted molar refractivity (Wildman–Crippen MR) is 108 cm³/mol. The van der Waals surface area contributed by atoms with Crippen LogP contribution in [-0.2, 0) is 0 Å². The highest BCUT2D eigenvalue weighted by Crippen LogP contribution is 2.37. The lowest BCUT2D eigenvalue weighted by Gasteiger charge is -2.32. The molecule has 1 heterocycles. The van der Waals surface area contributed by atoms with Gasteiger partial charge in [-0.05, 0) is 24.3 Å². The fraction of sp³-hybridized carbons (Fsp3) is 0.579. The van der Waals surface area contributed by atoms with Gasteiger partial charge in [-0.2, -0.15) is 0 Å². The SMILES string of the molecule is COc1cc(C(=O)N2CCC[C@@H](NC(=O)O)C2)cc([N+](=O)[O-])c1NCC(C)(C)C. The number of rotatable bonds is 6. The van der Waals surface area contributed by atoms with Crippen LogP contribution in [0.25, 0.3) is 0 Å². The van der Waals surface area contributed by atoms with E-state index in [-0.39, 0.29) is 40.7 Å². The number of methoxy groups -OCH3 is 1. The molecule has 0 radical (unpaired) electrons. The molecule has 2 amide bonds. The molecule has 0 saturated carbocycles. The smallest absolute Gasteiger partial charge is 0.404 e. The van der Waals surface area contributed by atoms with Crippen LogP contribution in [0.3, 0.4) is 0 Å². The number of nitro groups is 1. The lowest BCUT2D eigenvalue weighted by atomic mass is 9.96. The second-order valence-electron chi connectivity index (χ2n) is 8.28. The number of piperidine rings is 1. The Balaban J connectivity index is 2.32. The number of hydrogen-bond donors (Lipinski definition) is 3. The Morgan fingerprint density at radius 3 is 2.62 bits per heavy atom. The molecule has 1 atom stereocenters. The minimum atomic E-state index is -1.14. The van der Waals surface area contributed by atoms with E-state index in [0.29, 0.717) is 25.9 Å². The van der Waals surface area contributed by atoms with E-state index in [2.05, 4.69) is 10.6 Å². The summed E-state index contributed by atoms with van der Waals surface area (Å²) >= 11 is 0. The summed E-state index contributed by atoms with van der Waals surface area (Å²) in [5.41, 5.74) is 0.000826. The van der Waals surface area contributed by atoms with E-state index in [9.17, 15) is 19.7 Å². The first-order valence-corrected chi connectivity index (χ1v) is 9.41. The highest BCUT2D eigenvalue weighted by molar-refractivity contribution is 5.97. The van der Waals surface area contributed by atoms with Crippen molar-refractivity contribution in [3.05, 3.63) is 27.8 Å². The molecule has 0 aromatic heterocycles. The molecule has 3 N–H and O–H groups in total. The van der Waals surface area contributed by atoms with Crippen LogP contribution in [0.5, 0.6) is 5.75 Å². The molecular weight excluding hydrogens is 380 g/mol. The average Bonchev–Trinajstić information content (AvgIpc) is 2.64. The zero-order valence-electron chi connectivity index (χ0n) is 17.2. The lowest BCUT2D eigenvalue weighted by Crippen LogP contribution is -2.49. The summed E-state index contributed by atoms with van der Waals surface area (Å²) in [6.45, 7) is 7.13. The molecule has 1 fully saturated rings. The van der Waals surface area contributed by atoms with Crippen molar-refractivity contribution in [3.8, 4) is 5.75 Å². The molecule has 1 saturated heterocycles. The van der Waals surface area contributed by atoms with E-state index in [1.807, 2.05) is 20.8 Å². The summed E-state index contributed by atoms with van der Waals surface area (Å²) in [5, 5.41) is 26.0. The van der Waals surface area contributed by atoms with Gasteiger partial charge in [-0.25, -0.2) is 4.79 Å². The highest BCUT2D eigenvalue weighted by atomic mass is 16.6. The van der Waals surface area contributed by atoms with Crippen molar-refractivity contribution < 1.29 is 24.4 Å². The summed E-state index contributed by atoms with van der Waals surface area (Å²) in [4.78, 5) is 36.4. The van der Waals surface area contributed by atoms with E-state index in [4.69, 9.17) is 9.84 Å². The Labute approximate surface area is 169 Å². The van der Waals surface area contributed by atoms with E-state index in [1.165, 1.54) is 24.1 Å². The van der Waals surface area contributed by atoms with E-state index in [1.54, 1.807) is 0 Å². The van der Waals surface area contributed by atoms with Gasteiger partial charge in [0.1, 0.15) is 5.75 Å². The largest absolute Gasteiger partial charge is 0.494 e. The Morgan fingerprint density at radius 1 is 1.38 bits per heavy atom. The fourth-order valence-electron chi connectivity index (χ4n) is 3.20. The third kappa shape index (κ3) is 5.97. The number of amides is 2. The first kappa shape index (κ1) is 22.3. The highest BCUT2D eigenvalue weighted by Gasteiger charge is 2.29. The molecule has 160 valence electrons. The molecule has 0 unspecified atom stereocenters. The molecule has 10 nitrogen and oxygen atoms in total. The zero-order valence-corrected chi connectivity index (χ0v) is 17.2. The van der Waals surface area contributed by atoms with Gasteiger partial charge in [-0.1, -0.05) is 20.8 Å². The third-order valence-electron chi connectivity index (χ3n) is 4.58. The lowest BCUT2D eigenvalue weighted by molar-refractivity contribution is -0.384. The van der Waals surface area contributed by atoms with Crippen LogP contribution in [0, 0.1) is 15.5 Å². The number of nitrogens with zero attached hydrogens (tertiary/aromatic N) is 2. The van der Waals surface area contributed by atoms with E-state index >= 15 is 0 Å². The maximum absolute atomic E-state index is 13.0. The normalized spacial score (nSPS) is 16.8. The Bertz CT molecular complexity index is 790. The number of anilines is 1. The molecule has 10 heteroatoms. The molecule has 0 bridgehead atoms. The van der Waals surface area contributed by atoms with Crippen LogP contribution in [0.2, 0.25) is 0 Å². The van der Waals surface area contributed by atoms with Crippen molar-refractivity contribution in [2.45, 2.75) is 39.7 Å². The molecule has 1 aromatic rings. The van der Waals surface area contributed by atoms with Crippen molar-refractivity contribution in [1.29, 1.82) is 0 Å². The maximum Gasteiger partial charge on any atom is 0.404 e. The maximum atomic E-state index is 13.0. The van der Waals surface area contributed by atoms with Crippen LogP contribution in [-0.4, -0.2) is 59.7 Å². The first-order chi connectivity index (χ1) is 13.5. The number of carboxylic acid groups (broad SMARTS) is 1. The number of likely N-dealkylation sites (tertiary alicyclic amines) is 1. The molecule has 2 rings (SSSR count). The topological polar surface area (TPSA) is 134 Å².